The molecule has 2 aliphatic rings. The maximum Gasteiger partial charge on any atom is 0.266 e. The minimum Gasteiger partial charge on any atom is -0.382 e. The van der Waals surface area contributed by atoms with Crippen molar-refractivity contribution >= 4 is 23.0 Å². The van der Waals surface area contributed by atoms with Crippen molar-refractivity contribution in [1.82, 2.24) is 10.3 Å². The molecular weight excluding hydrogens is 388 g/mol. The second kappa shape index (κ2) is 8.24. The molecule has 1 atom stereocenters. The highest BCUT2D eigenvalue weighted by Gasteiger charge is 2.27. The van der Waals surface area contributed by atoms with E-state index in [2.05, 4.69) is 27.4 Å². The molecule has 0 aliphatic carbocycles. The Morgan fingerprint density at radius 3 is 2.68 bits per heavy atom. The van der Waals surface area contributed by atoms with Gasteiger partial charge in [0.15, 0.2) is 0 Å². The van der Waals surface area contributed by atoms with Crippen LogP contribution < -0.4 is 5.32 Å². The van der Waals surface area contributed by atoms with E-state index in [1.165, 1.54) is 5.56 Å². The van der Waals surface area contributed by atoms with Gasteiger partial charge in [-0.2, -0.15) is 0 Å². The van der Waals surface area contributed by atoms with Crippen LogP contribution in [-0.2, 0) is 22.5 Å². The van der Waals surface area contributed by atoms with Crippen molar-refractivity contribution < 1.29 is 9.53 Å². The molecule has 31 heavy (non-hydrogen) atoms. The Kier molecular flexibility index (Phi) is 5.14. The Balaban J connectivity index is 1.38. The van der Waals surface area contributed by atoms with Gasteiger partial charge < -0.3 is 10.1 Å². The van der Waals surface area contributed by atoms with E-state index < -0.39 is 0 Å². The van der Waals surface area contributed by atoms with Crippen LogP contribution in [0.2, 0.25) is 0 Å². The predicted octanol–water partition coefficient (Wildman–Crippen LogP) is 3.57. The molecule has 0 bridgehead atoms. The summed E-state index contributed by atoms with van der Waals surface area (Å²) in [6.07, 6.45) is 4.06. The summed E-state index contributed by atoms with van der Waals surface area (Å²) < 4.78 is 5.32. The van der Waals surface area contributed by atoms with E-state index in [4.69, 9.17) is 9.73 Å². The first-order valence-corrected chi connectivity index (χ1v) is 10.3. The van der Waals surface area contributed by atoms with Gasteiger partial charge in [0.05, 0.1) is 30.6 Å². The maximum atomic E-state index is 13.0. The number of hydrogen-bond donors (Lipinski definition) is 1. The van der Waals surface area contributed by atoms with Gasteiger partial charge in [-0.25, -0.2) is 4.99 Å². The molecule has 5 rings (SSSR count). The van der Waals surface area contributed by atoms with E-state index >= 15 is 0 Å². The number of nitrogens with one attached hydrogen (secondary N) is 1. The molecule has 2 aliphatic heterocycles. The van der Waals surface area contributed by atoms with Gasteiger partial charge in [-0.05, 0) is 34.9 Å². The lowest BCUT2D eigenvalue weighted by Gasteiger charge is -2.18. The van der Waals surface area contributed by atoms with Crippen molar-refractivity contribution in [3.8, 4) is 0 Å². The highest BCUT2D eigenvalue weighted by atomic mass is 16.5. The van der Waals surface area contributed by atoms with Gasteiger partial charge in [0.1, 0.15) is 5.71 Å². The number of carbonyl (C=O) groups is 1. The standard InChI is InChI=1S/C25H22N4O2/c1-31-15-23(16-5-3-2-4-6-16)29-25(30)22-12-18-11-19-14-27-24(17-7-9-26-10-8-17)20(19)13-21(18)28-22/h2-11,13,23H,12,14-15H2,1H3,(H,29,30)/t23-/m1/s1. The molecule has 1 aromatic heterocycles. The Labute approximate surface area is 180 Å². The number of carbonyl (C=O) groups excluding carboxylic acids is 1. The highest BCUT2D eigenvalue weighted by molar-refractivity contribution is 6.41. The monoisotopic (exact) mass is 410 g/mol. The molecule has 0 unspecified atom stereocenters. The zero-order valence-corrected chi connectivity index (χ0v) is 17.2. The van der Waals surface area contributed by atoms with E-state index in [1.54, 1.807) is 19.5 Å². The molecule has 0 fully saturated rings. The van der Waals surface area contributed by atoms with Crippen LogP contribution in [0.3, 0.4) is 0 Å². The lowest BCUT2D eigenvalue weighted by molar-refractivity contribution is -0.116. The van der Waals surface area contributed by atoms with E-state index in [1.807, 2.05) is 42.5 Å². The van der Waals surface area contributed by atoms with Crippen molar-refractivity contribution in [1.29, 1.82) is 0 Å². The van der Waals surface area contributed by atoms with Crippen molar-refractivity contribution in [2.75, 3.05) is 13.7 Å². The molecule has 0 spiro atoms. The molecule has 0 saturated carbocycles. The molecule has 3 heterocycles. The number of benzene rings is 2. The number of rotatable bonds is 6. The van der Waals surface area contributed by atoms with E-state index in [0.29, 0.717) is 25.3 Å². The molecule has 6 nitrogen and oxygen atoms in total. The summed E-state index contributed by atoms with van der Waals surface area (Å²) in [5.74, 6) is -0.162. The third-order valence-electron chi connectivity index (χ3n) is 5.64. The third-order valence-corrected chi connectivity index (χ3v) is 5.64. The number of aromatic nitrogens is 1. The minimum atomic E-state index is -0.222. The van der Waals surface area contributed by atoms with Crippen LogP contribution in [0.15, 0.2) is 77.0 Å². The first-order chi connectivity index (χ1) is 15.2. The Hall–Kier alpha value is -3.64. The first kappa shape index (κ1) is 19.3. The number of fused-ring (bicyclic) bond motifs is 2. The summed E-state index contributed by atoms with van der Waals surface area (Å²) in [7, 11) is 1.63. The molecule has 1 amide bonds. The topological polar surface area (TPSA) is 75.9 Å². The number of ether oxygens (including phenoxy) is 1. The number of amides is 1. The van der Waals surface area contributed by atoms with Crippen molar-refractivity contribution in [3.63, 3.8) is 0 Å². The lowest BCUT2D eigenvalue weighted by atomic mass is 9.97. The highest BCUT2D eigenvalue weighted by Crippen LogP contribution is 2.34. The molecule has 6 heteroatoms. The van der Waals surface area contributed by atoms with Crippen LogP contribution >= 0.6 is 0 Å². The number of pyridine rings is 1. The van der Waals surface area contributed by atoms with Crippen LogP contribution in [0.4, 0.5) is 5.69 Å². The molecule has 0 saturated heterocycles. The van der Waals surface area contributed by atoms with Gasteiger partial charge >= 0.3 is 0 Å². The van der Waals surface area contributed by atoms with Crippen molar-refractivity contribution in [2.24, 2.45) is 9.98 Å². The van der Waals surface area contributed by atoms with Crippen molar-refractivity contribution in [2.45, 2.75) is 19.0 Å². The van der Waals surface area contributed by atoms with Crippen molar-refractivity contribution in [3.05, 3.63) is 94.8 Å². The Morgan fingerprint density at radius 2 is 1.90 bits per heavy atom. The second-order valence-electron chi connectivity index (χ2n) is 7.67. The average Bonchev–Trinajstić information content (AvgIpc) is 3.42. The predicted molar refractivity (Wildman–Crippen MR) is 120 cm³/mol. The lowest BCUT2D eigenvalue weighted by Crippen LogP contribution is -2.36. The fourth-order valence-electron chi connectivity index (χ4n) is 4.10. The van der Waals surface area contributed by atoms with Crippen LogP contribution in [0.5, 0.6) is 0 Å². The molecule has 0 radical (unpaired) electrons. The van der Waals surface area contributed by atoms with Crippen LogP contribution in [0, 0.1) is 0 Å². The summed E-state index contributed by atoms with van der Waals surface area (Å²) in [5, 5.41) is 3.08. The number of hydrogen-bond acceptors (Lipinski definition) is 5. The van der Waals surface area contributed by atoms with Gasteiger partial charge in [0, 0.05) is 37.1 Å². The van der Waals surface area contributed by atoms with Gasteiger partial charge in [-0.3, -0.25) is 14.8 Å². The quantitative estimate of drug-likeness (QED) is 0.675. The fourth-order valence-corrected chi connectivity index (χ4v) is 4.10. The van der Waals surface area contributed by atoms with E-state index in [0.717, 1.165) is 33.7 Å². The molecule has 2 aromatic carbocycles. The summed E-state index contributed by atoms with van der Waals surface area (Å²) in [5.41, 5.74) is 7.69. The summed E-state index contributed by atoms with van der Waals surface area (Å²) in [6, 6.07) is 17.7. The largest absolute Gasteiger partial charge is 0.382 e. The number of methoxy groups -OCH3 is 1. The first-order valence-electron chi connectivity index (χ1n) is 10.3. The third kappa shape index (κ3) is 3.78. The van der Waals surface area contributed by atoms with Crippen LogP contribution in [-0.4, -0.2) is 36.0 Å². The van der Waals surface area contributed by atoms with Crippen LogP contribution in [0.25, 0.3) is 0 Å². The van der Waals surface area contributed by atoms with Gasteiger partial charge in [0.2, 0.25) is 0 Å². The normalized spacial score (nSPS) is 15.0. The van der Waals surface area contributed by atoms with E-state index in [9.17, 15) is 4.79 Å². The average molecular weight is 410 g/mol. The molecular formula is C25H22N4O2. The Bertz CT molecular complexity index is 1190. The molecule has 3 aromatic rings. The summed E-state index contributed by atoms with van der Waals surface area (Å²) >= 11 is 0. The van der Waals surface area contributed by atoms with Gasteiger partial charge in [-0.1, -0.05) is 36.4 Å². The summed E-state index contributed by atoms with van der Waals surface area (Å²) in [6.45, 7) is 1.04. The fraction of sp³-hybridized carbons (Fsp3) is 0.200. The van der Waals surface area contributed by atoms with Gasteiger partial charge in [0.25, 0.3) is 5.91 Å². The summed E-state index contributed by atoms with van der Waals surface area (Å²) in [4.78, 5) is 26.4. The SMILES string of the molecule is COC[C@@H](NC(=O)C1=Nc2cc3c(cc2C1)CN=C3c1ccncc1)c1ccccc1. The van der Waals surface area contributed by atoms with Gasteiger partial charge in [-0.15, -0.1) is 0 Å². The zero-order valence-electron chi connectivity index (χ0n) is 17.2. The smallest absolute Gasteiger partial charge is 0.266 e. The number of nitrogens with zero attached hydrogens (tertiary/aromatic N) is 3. The minimum absolute atomic E-state index is 0.162. The molecule has 154 valence electrons. The number of aliphatic imine (C=N–C) groups is 2. The Morgan fingerprint density at radius 1 is 1.10 bits per heavy atom. The molecule has 1 N–H and O–H groups in total. The maximum absolute atomic E-state index is 13.0. The van der Waals surface area contributed by atoms with E-state index in [-0.39, 0.29) is 11.9 Å². The second-order valence-corrected chi connectivity index (χ2v) is 7.67. The zero-order chi connectivity index (χ0) is 21.2. The van der Waals surface area contributed by atoms with Crippen LogP contribution in [0.1, 0.15) is 33.9 Å².